The molecule has 0 amide bonds. The van der Waals surface area contributed by atoms with E-state index in [1.807, 2.05) is 6.92 Å². The minimum atomic E-state index is -0.794. The molecule has 0 spiro atoms. The van der Waals surface area contributed by atoms with Gasteiger partial charge in [-0.25, -0.2) is 8.78 Å². The minimum absolute atomic E-state index is 0.179. The summed E-state index contributed by atoms with van der Waals surface area (Å²) in [5, 5.41) is 3.24. The van der Waals surface area contributed by atoms with Crippen LogP contribution in [0.15, 0.2) is 18.2 Å². The van der Waals surface area contributed by atoms with Gasteiger partial charge in [-0.2, -0.15) is 0 Å². The zero-order valence-corrected chi connectivity index (χ0v) is 10.9. The van der Waals surface area contributed by atoms with E-state index >= 15 is 0 Å². The van der Waals surface area contributed by atoms with E-state index in [-0.39, 0.29) is 6.04 Å². The predicted octanol–water partition coefficient (Wildman–Crippen LogP) is 3.81. The van der Waals surface area contributed by atoms with Crippen molar-refractivity contribution in [2.24, 2.45) is 0 Å². The molecule has 0 fully saturated rings. The number of hydrogen-bond acceptors (Lipinski definition) is 1. The lowest BCUT2D eigenvalue weighted by Gasteiger charge is -2.18. The molecule has 1 unspecified atom stereocenters. The van der Waals surface area contributed by atoms with Crippen molar-refractivity contribution in [3.8, 4) is 11.8 Å². The molecule has 0 aliphatic carbocycles. The Labute approximate surface area is 108 Å². The summed E-state index contributed by atoms with van der Waals surface area (Å²) < 4.78 is 27.0. The van der Waals surface area contributed by atoms with Gasteiger partial charge >= 0.3 is 0 Å². The van der Waals surface area contributed by atoms with Gasteiger partial charge in [0.1, 0.15) is 0 Å². The van der Waals surface area contributed by atoms with Crippen molar-refractivity contribution in [1.29, 1.82) is 0 Å². The van der Waals surface area contributed by atoms with Gasteiger partial charge in [0.15, 0.2) is 11.6 Å². The summed E-state index contributed by atoms with van der Waals surface area (Å²) in [6.45, 7) is 4.59. The number of hydrogen-bond donors (Lipinski definition) is 1. The van der Waals surface area contributed by atoms with Crippen LogP contribution in [0, 0.1) is 23.5 Å². The molecule has 1 N–H and O–H groups in total. The third kappa shape index (κ3) is 4.12. The van der Waals surface area contributed by atoms with Gasteiger partial charge < -0.3 is 5.32 Å². The molecule has 0 saturated carbocycles. The fourth-order valence-electron chi connectivity index (χ4n) is 1.82. The molecule has 0 aliphatic rings. The summed E-state index contributed by atoms with van der Waals surface area (Å²) in [6, 6.07) is 4.13. The normalized spacial score (nSPS) is 11.8. The second-order valence-corrected chi connectivity index (χ2v) is 4.12. The van der Waals surface area contributed by atoms with E-state index in [0.717, 1.165) is 19.0 Å². The largest absolute Gasteiger partial charge is 0.310 e. The number of benzene rings is 1. The van der Waals surface area contributed by atoms with Crippen LogP contribution < -0.4 is 5.32 Å². The number of halogens is 2. The van der Waals surface area contributed by atoms with E-state index in [1.54, 1.807) is 19.1 Å². The molecule has 1 atom stereocenters. The van der Waals surface area contributed by atoms with Crippen molar-refractivity contribution in [3.63, 3.8) is 0 Å². The first kappa shape index (κ1) is 14.7. The van der Waals surface area contributed by atoms with Gasteiger partial charge in [-0.15, -0.1) is 11.8 Å². The Morgan fingerprint density at radius 2 is 2.11 bits per heavy atom. The number of nitrogens with one attached hydrogen (secondary N) is 1. The summed E-state index contributed by atoms with van der Waals surface area (Å²) >= 11 is 0. The Kier molecular flexibility index (Phi) is 6.38. The molecule has 0 radical (unpaired) electrons. The molecule has 0 bridgehead atoms. The Balaban J connectivity index is 2.85. The molecule has 1 aromatic carbocycles. The van der Waals surface area contributed by atoms with Crippen molar-refractivity contribution in [1.82, 2.24) is 5.32 Å². The van der Waals surface area contributed by atoms with E-state index < -0.39 is 11.6 Å². The van der Waals surface area contributed by atoms with Crippen LogP contribution in [0.3, 0.4) is 0 Å². The summed E-state index contributed by atoms with van der Waals surface area (Å²) in [5.74, 6) is 4.22. The van der Waals surface area contributed by atoms with Gasteiger partial charge in [-0.05, 0) is 32.4 Å². The number of rotatable bonds is 6. The molecular weight excluding hydrogens is 232 g/mol. The molecule has 0 heterocycles. The average molecular weight is 251 g/mol. The van der Waals surface area contributed by atoms with Crippen molar-refractivity contribution in [2.75, 3.05) is 6.54 Å². The maximum absolute atomic E-state index is 13.7. The van der Waals surface area contributed by atoms with Crippen LogP contribution in [0.4, 0.5) is 8.78 Å². The van der Waals surface area contributed by atoms with E-state index in [1.165, 1.54) is 0 Å². The van der Waals surface area contributed by atoms with Gasteiger partial charge in [0.2, 0.25) is 0 Å². The third-order valence-corrected chi connectivity index (χ3v) is 2.73. The molecule has 1 rings (SSSR count). The van der Waals surface area contributed by atoms with Gasteiger partial charge in [0, 0.05) is 18.0 Å². The highest BCUT2D eigenvalue weighted by atomic mass is 19.2. The van der Waals surface area contributed by atoms with E-state index in [2.05, 4.69) is 17.2 Å². The molecule has 1 aromatic rings. The highest BCUT2D eigenvalue weighted by Gasteiger charge is 2.16. The Morgan fingerprint density at radius 3 is 2.78 bits per heavy atom. The van der Waals surface area contributed by atoms with E-state index in [4.69, 9.17) is 0 Å². The lowest BCUT2D eigenvalue weighted by molar-refractivity contribution is 0.449. The summed E-state index contributed by atoms with van der Waals surface area (Å²) in [7, 11) is 0. The smallest absolute Gasteiger partial charge is 0.163 e. The molecule has 3 heteroatoms. The lowest BCUT2D eigenvalue weighted by Crippen LogP contribution is -2.23. The first-order valence-corrected chi connectivity index (χ1v) is 6.27. The topological polar surface area (TPSA) is 12.0 Å². The fourth-order valence-corrected chi connectivity index (χ4v) is 1.82. The average Bonchev–Trinajstić information content (AvgIpc) is 2.37. The maximum Gasteiger partial charge on any atom is 0.163 e. The third-order valence-electron chi connectivity index (χ3n) is 2.73. The van der Waals surface area contributed by atoms with Crippen LogP contribution in [0.25, 0.3) is 0 Å². The standard InChI is InChI=1S/C15H19F2N/c1-3-5-6-10-14(18-11-4-2)12-8-7-9-13(16)15(12)17/h7-9,14,18H,4,6,10-11H2,1-2H3. The van der Waals surface area contributed by atoms with Crippen molar-refractivity contribution in [2.45, 2.75) is 39.2 Å². The minimum Gasteiger partial charge on any atom is -0.310 e. The van der Waals surface area contributed by atoms with Crippen LogP contribution in [0.1, 0.15) is 44.7 Å². The lowest BCUT2D eigenvalue weighted by atomic mass is 10.0. The van der Waals surface area contributed by atoms with E-state index in [9.17, 15) is 8.78 Å². The molecule has 18 heavy (non-hydrogen) atoms. The van der Waals surface area contributed by atoms with Crippen LogP contribution in [-0.2, 0) is 0 Å². The first-order chi connectivity index (χ1) is 8.70. The molecular formula is C15H19F2N. The molecule has 0 saturated heterocycles. The van der Waals surface area contributed by atoms with Gasteiger partial charge in [0.25, 0.3) is 0 Å². The summed E-state index contributed by atoms with van der Waals surface area (Å²) in [6.07, 6.45) is 2.31. The van der Waals surface area contributed by atoms with Crippen molar-refractivity contribution in [3.05, 3.63) is 35.4 Å². The van der Waals surface area contributed by atoms with Gasteiger partial charge in [-0.1, -0.05) is 19.1 Å². The Morgan fingerprint density at radius 1 is 1.33 bits per heavy atom. The van der Waals surface area contributed by atoms with Crippen LogP contribution >= 0.6 is 0 Å². The molecule has 0 aromatic heterocycles. The van der Waals surface area contributed by atoms with Crippen molar-refractivity contribution >= 4 is 0 Å². The molecule has 98 valence electrons. The summed E-state index contributed by atoms with van der Waals surface area (Å²) in [4.78, 5) is 0. The second kappa shape index (κ2) is 7.84. The van der Waals surface area contributed by atoms with Crippen LogP contribution in [-0.4, -0.2) is 6.54 Å². The van der Waals surface area contributed by atoms with E-state index in [0.29, 0.717) is 18.4 Å². The maximum atomic E-state index is 13.7. The molecule has 0 aliphatic heterocycles. The summed E-state index contributed by atoms with van der Waals surface area (Å²) in [5.41, 5.74) is 0.390. The van der Waals surface area contributed by atoms with Crippen LogP contribution in [0.5, 0.6) is 0 Å². The van der Waals surface area contributed by atoms with Crippen molar-refractivity contribution < 1.29 is 8.78 Å². The highest BCUT2D eigenvalue weighted by Crippen LogP contribution is 2.23. The van der Waals surface area contributed by atoms with Gasteiger partial charge in [0.05, 0.1) is 0 Å². The monoisotopic (exact) mass is 251 g/mol. The highest BCUT2D eigenvalue weighted by molar-refractivity contribution is 5.22. The molecule has 1 nitrogen and oxygen atoms in total. The SMILES string of the molecule is CC#CCCC(NCCC)c1cccc(F)c1F. The predicted molar refractivity (Wildman–Crippen MR) is 70.1 cm³/mol. The zero-order valence-electron chi connectivity index (χ0n) is 10.9. The fraction of sp³-hybridized carbons (Fsp3) is 0.467. The van der Waals surface area contributed by atoms with Crippen LogP contribution in [0.2, 0.25) is 0 Å². The Bertz CT molecular complexity index is 432. The zero-order chi connectivity index (χ0) is 13.4. The van der Waals surface area contributed by atoms with Gasteiger partial charge in [-0.3, -0.25) is 0 Å². The quantitative estimate of drug-likeness (QED) is 0.758. The first-order valence-electron chi connectivity index (χ1n) is 6.27. The Hall–Kier alpha value is -1.40. The second-order valence-electron chi connectivity index (χ2n) is 4.12.